The predicted octanol–water partition coefficient (Wildman–Crippen LogP) is 4.34. The van der Waals surface area contributed by atoms with Crippen molar-refractivity contribution >= 4 is 11.6 Å². The van der Waals surface area contributed by atoms with Crippen molar-refractivity contribution in [2.45, 2.75) is 26.3 Å². The Balaban J connectivity index is 2.05. The van der Waals surface area contributed by atoms with Crippen LogP contribution >= 0.6 is 11.6 Å². The lowest BCUT2D eigenvalue weighted by atomic mass is 9.92. The van der Waals surface area contributed by atoms with E-state index in [0.717, 1.165) is 31.2 Å². The van der Waals surface area contributed by atoms with Gasteiger partial charge in [0.25, 0.3) is 0 Å². The number of nitrogens with one attached hydrogen (secondary N) is 1. The summed E-state index contributed by atoms with van der Waals surface area (Å²) in [6.07, 6.45) is 1.18. The van der Waals surface area contributed by atoms with Crippen LogP contribution in [0.25, 0.3) is 0 Å². The van der Waals surface area contributed by atoms with Crippen LogP contribution in [-0.4, -0.2) is 31.1 Å². The van der Waals surface area contributed by atoms with Gasteiger partial charge < -0.3 is 5.32 Å². The first-order chi connectivity index (χ1) is 11.1. The van der Waals surface area contributed by atoms with Gasteiger partial charge in [0, 0.05) is 24.7 Å². The van der Waals surface area contributed by atoms with Gasteiger partial charge in [0.2, 0.25) is 0 Å². The van der Waals surface area contributed by atoms with E-state index in [-0.39, 0.29) is 6.04 Å². The molecule has 0 saturated carbocycles. The molecule has 0 aliphatic carbocycles. The number of hydrogen-bond acceptors (Lipinski definition) is 2. The van der Waals surface area contributed by atoms with E-state index >= 15 is 0 Å². The number of halogens is 1. The fourth-order valence-electron chi connectivity index (χ4n) is 3.52. The van der Waals surface area contributed by atoms with Crippen molar-refractivity contribution in [3.8, 4) is 0 Å². The zero-order valence-electron chi connectivity index (χ0n) is 14.0. The summed E-state index contributed by atoms with van der Waals surface area (Å²) in [5.74, 6) is 0. The Morgan fingerprint density at radius 1 is 1.04 bits per heavy atom. The smallest absolute Gasteiger partial charge is 0.0605 e. The molecular formula is C20H25ClN2. The molecule has 0 spiro atoms. The molecule has 0 radical (unpaired) electrons. The van der Waals surface area contributed by atoms with E-state index in [1.54, 1.807) is 0 Å². The molecule has 1 unspecified atom stereocenters. The van der Waals surface area contributed by atoms with Crippen molar-refractivity contribution in [3.05, 3.63) is 69.7 Å². The highest BCUT2D eigenvalue weighted by atomic mass is 35.5. The molecule has 1 aliphatic heterocycles. The van der Waals surface area contributed by atoms with E-state index in [2.05, 4.69) is 60.5 Å². The predicted molar refractivity (Wildman–Crippen MR) is 98.3 cm³/mol. The Morgan fingerprint density at radius 2 is 1.91 bits per heavy atom. The van der Waals surface area contributed by atoms with Crippen LogP contribution in [0.4, 0.5) is 0 Å². The minimum absolute atomic E-state index is 0.272. The largest absolute Gasteiger partial charge is 0.315 e. The molecule has 2 nitrogen and oxygen atoms in total. The van der Waals surface area contributed by atoms with Crippen LogP contribution in [-0.2, 0) is 0 Å². The van der Waals surface area contributed by atoms with E-state index in [0.29, 0.717) is 0 Å². The Labute approximate surface area is 144 Å². The normalized spacial score (nSPS) is 17.7. The lowest BCUT2D eigenvalue weighted by molar-refractivity contribution is 0.240. The van der Waals surface area contributed by atoms with Crippen molar-refractivity contribution in [2.24, 2.45) is 0 Å². The summed E-state index contributed by atoms with van der Waals surface area (Å²) in [6.45, 7) is 8.69. The molecule has 2 aromatic rings. The maximum absolute atomic E-state index is 6.28. The van der Waals surface area contributed by atoms with Crippen LogP contribution in [0.5, 0.6) is 0 Å². The minimum atomic E-state index is 0.272. The van der Waals surface area contributed by atoms with Gasteiger partial charge in [-0.2, -0.15) is 0 Å². The zero-order valence-corrected chi connectivity index (χ0v) is 14.7. The summed E-state index contributed by atoms with van der Waals surface area (Å²) in [4.78, 5) is 2.59. The fourth-order valence-corrected chi connectivity index (χ4v) is 3.72. The molecule has 1 fully saturated rings. The van der Waals surface area contributed by atoms with Gasteiger partial charge in [0.1, 0.15) is 0 Å². The molecular weight excluding hydrogens is 304 g/mol. The first-order valence-electron chi connectivity index (χ1n) is 8.42. The molecule has 3 heteroatoms. The highest BCUT2D eigenvalue weighted by molar-refractivity contribution is 6.30. The first-order valence-corrected chi connectivity index (χ1v) is 8.80. The van der Waals surface area contributed by atoms with Crippen molar-refractivity contribution in [3.63, 3.8) is 0 Å². The summed E-state index contributed by atoms with van der Waals surface area (Å²) >= 11 is 6.28. The number of hydrogen-bond donors (Lipinski definition) is 1. The molecule has 2 aromatic carbocycles. The maximum Gasteiger partial charge on any atom is 0.0605 e. The van der Waals surface area contributed by atoms with E-state index in [1.807, 2.05) is 6.07 Å². The number of rotatable bonds is 3. The third-order valence-corrected chi connectivity index (χ3v) is 4.86. The SMILES string of the molecule is Cc1ccc(C(c2cccc(Cl)c2)N2CCCNCC2)c(C)c1. The lowest BCUT2D eigenvalue weighted by Crippen LogP contribution is -2.33. The van der Waals surface area contributed by atoms with Gasteiger partial charge in [0.05, 0.1) is 6.04 Å². The standard InChI is InChI=1S/C20H25ClN2/c1-15-7-8-19(16(2)13-15)20(17-5-3-6-18(21)14-17)23-11-4-9-22-10-12-23/h3,5-8,13-14,20,22H,4,9-12H2,1-2H3. The van der Waals surface area contributed by atoms with Crippen molar-refractivity contribution in [1.82, 2.24) is 10.2 Å². The summed E-state index contributed by atoms with van der Waals surface area (Å²) < 4.78 is 0. The van der Waals surface area contributed by atoms with E-state index in [4.69, 9.17) is 11.6 Å². The van der Waals surface area contributed by atoms with Crippen LogP contribution in [0.15, 0.2) is 42.5 Å². The molecule has 1 atom stereocenters. The van der Waals surface area contributed by atoms with Gasteiger partial charge in [-0.25, -0.2) is 0 Å². The monoisotopic (exact) mass is 328 g/mol. The van der Waals surface area contributed by atoms with Gasteiger partial charge in [0.15, 0.2) is 0 Å². The Bertz CT molecular complexity index is 660. The number of benzene rings is 2. The van der Waals surface area contributed by atoms with E-state index < -0.39 is 0 Å². The topological polar surface area (TPSA) is 15.3 Å². The van der Waals surface area contributed by atoms with Crippen LogP contribution in [0, 0.1) is 13.8 Å². The molecule has 1 saturated heterocycles. The highest BCUT2D eigenvalue weighted by Crippen LogP contribution is 2.32. The molecule has 1 aliphatic rings. The molecule has 23 heavy (non-hydrogen) atoms. The summed E-state index contributed by atoms with van der Waals surface area (Å²) in [7, 11) is 0. The molecule has 1 N–H and O–H groups in total. The average molecular weight is 329 g/mol. The summed E-state index contributed by atoms with van der Waals surface area (Å²) in [5, 5.41) is 4.31. The second kappa shape index (κ2) is 7.48. The third kappa shape index (κ3) is 3.95. The zero-order chi connectivity index (χ0) is 16.2. The Kier molecular flexibility index (Phi) is 5.37. The second-order valence-corrected chi connectivity index (χ2v) is 6.89. The quantitative estimate of drug-likeness (QED) is 0.901. The van der Waals surface area contributed by atoms with E-state index in [1.165, 1.54) is 28.7 Å². The average Bonchev–Trinajstić information content (AvgIpc) is 2.79. The van der Waals surface area contributed by atoms with Gasteiger partial charge >= 0.3 is 0 Å². The first kappa shape index (κ1) is 16.5. The Morgan fingerprint density at radius 3 is 2.70 bits per heavy atom. The van der Waals surface area contributed by atoms with Gasteiger partial charge in [-0.05, 0) is 55.6 Å². The minimum Gasteiger partial charge on any atom is -0.315 e. The lowest BCUT2D eigenvalue weighted by Gasteiger charge is -2.32. The molecule has 122 valence electrons. The number of nitrogens with zero attached hydrogens (tertiary/aromatic N) is 1. The van der Waals surface area contributed by atoms with Crippen molar-refractivity contribution in [1.29, 1.82) is 0 Å². The summed E-state index contributed by atoms with van der Waals surface area (Å²) in [6, 6.07) is 15.4. The van der Waals surface area contributed by atoms with Crippen LogP contribution in [0.1, 0.15) is 34.7 Å². The summed E-state index contributed by atoms with van der Waals surface area (Å²) in [5.41, 5.74) is 5.34. The number of aryl methyl sites for hydroxylation is 2. The van der Waals surface area contributed by atoms with Crippen molar-refractivity contribution < 1.29 is 0 Å². The van der Waals surface area contributed by atoms with Crippen LogP contribution in [0.3, 0.4) is 0 Å². The molecule has 1 heterocycles. The van der Waals surface area contributed by atoms with Gasteiger partial charge in [-0.3, -0.25) is 4.90 Å². The molecule has 0 amide bonds. The maximum atomic E-state index is 6.28. The second-order valence-electron chi connectivity index (χ2n) is 6.46. The Hall–Kier alpha value is -1.35. The van der Waals surface area contributed by atoms with Crippen molar-refractivity contribution in [2.75, 3.05) is 26.2 Å². The molecule has 3 rings (SSSR count). The van der Waals surface area contributed by atoms with Gasteiger partial charge in [-0.1, -0.05) is 47.5 Å². The van der Waals surface area contributed by atoms with E-state index in [9.17, 15) is 0 Å². The van der Waals surface area contributed by atoms with Crippen LogP contribution in [0.2, 0.25) is 5.02 Å². The van der Waals surface area contributed by atoms with Gasteiger partial charge in [-0.15, -0.1) is 0 Å². The van der Waals surface area contributed by atoms with Crippen LogP contribution < -0.4 is 5.32 Å². The fraction of sp³-hybridized carbons (Fsp3) is 0.400. The molecule has 0 aromatic heterocycles. The molecule has 0 bridgehead atoms. The third-order valence-electron chi connectivity index (χ3n) is 4.62. The highest BCUT2D eigenvalue weighted by Gasteiger charge is 2.24.